The van der Waals surface area contributed by atoms with Gasteiger partial charge in [-0.05, 0) is 60.2 Å². The summed E-state index contributed by atoms with van der Waals surface area (Å²) in [7, 11) is -4.42. The van der Waals surface area contributed by atoms with Crippen LogP contribution in [0.4, 0.5) is 5.69 Å². The summed E-state index contributed by atoms with van der Waals surface area (Å²) in [4.78, 5) is 12.8. The smallest absolute Gasteiger partial charge is 0.326 e. The van der Waals surface area contributed by atoms with Gasteiger partial charge in [0.15, 0.2) is 0 Å². The van der Waals surface area contributed by atoms with Crippen molar-refractivity contribution in [2.24, 2.45) is 0 Å². The molecule has 0 aromatic heterocycles. The van der Waals surface area contributed by atoms with Crippen LogP contribution in [0.15, 0.2) is 82.6 Å². The summed E-state index contributed by atoms with van der Waals surface area (Å²) in [5.74, 6) is 0.0423. The number of esters is 1. The van der Waals surface area contributed by atoms with E-state index in [0.717, 1.165) is 15.7 Å². The lowest BCUT2D eigenvalue weighted by atomic mass is 10.2. The van der Waals surface area contributed by atoms with E-state index < -0.39 is 38.6 Å². The maximum atomic E-state index is 13.8. The molecule has 12 heteroatoms. The Bertz CT molecular complexity index is 1490. The zero-order valence-corrected chi connectivity index (χ0v) is 22.0. The molecular weight excluding hydrogens is 520 g/mol. The van der Waals surface area contributed by atoms with E-state index in [0.29, 0.717) is 17.1 Å². The number of rotatable bonds is 7. The number of fused-ring (bicyclic) bond motifs is 1. The Morgan fingerprint density at radius 2 is 1.27 bits per heavy atom. The van der Waals surface area contributed by atoms with Crippen molar-refractivity contribution in [1.82, 2.24) is 4.31 Å². The van der Waals surface area contributed by atoms with Crippen LogP contribution in [-0.4, -0.2) is 61.0 Å². The van der Waals surface area contributed by atoms with Crippen LogP contribution in [0.2, 0.25) is 0 Å². The minimum atomic E-state index is -4.26. The second kappa shape index (κ2) is 10.4. The molecule has 37 heavy (non-hydrogen) atoms. The number of nitrogens with zero attached hydrogens (tertiary/aromatic N) is 2. The fraction of sp³-hybridized carbons (Fsp3) is 0.240. The Kier molecular flexibility index (Phi) is 7.44. The fourth-order valence-corrected chi connectivity index (χ4v) is 7.14. The van der Waals surface area contributed by atoms with Gasteiger partial charge in [-0.3, -0.25) is 9.10 Å². The molecule has 0 bridgehead atoms. The average Bonchev–Trinajstić information content (AvgIpc) is 3.11. The number of sulfonamides is 2. The van der Waals surface area contributed by atoms with Gasteiger partial charge in [0.05, 0.1) is 43.4 Å². The molecule has 0 amide bonds. The van der Waals surface area contributed by atoms with Gasteiger partial charge in [-0.1, -0.05) is 18.2 Å². The van der Waals surface area contributed by atoms with Crippen LogP contribution in [0.1, 0.15) is 5.56 Å². The zero-order valence-electron chi connectivity index (χ0n) is 20.4. The normalized spacial score (nSPS) is 16.4. The molecule has 0 radical (unpaired) electrons. The van der Waals surface area contributed by atoms with Gasteiger partial charge >= 0.3 is 5.97 Å². The van der Waals surface area contributed by atoms with Gasteiger partial charge < -0.3 is 14.2 Å². The summed E-state index contributed by atoms with van der Waals surface area (Å²) in [6.45, 7) is -0.744. The van der Waals surface area contributed by atoms with Crippen LogP contribution in [0.25, 0.3) is 0 Å². The minimum absolute atomic E-state index is 0.0434. The Hall–Kier alpha value is -3.61. The fourth-order valence-electron chi connectivity index (χ4n) is 4.08. The predicted octanol–water partition coefficient (Wildman–Crippen LogP) is 2.65. The van der Waals surface area contributed by atoms with Gasteiger partial charge in [-0.15, -0.1) is 0 Å². The molecule has 196 valence electrons. The number of hydrogen-bond acceptors (Lipinski definition) is 8. The average molecular weight is 547 g/mol. The van der Waals surface area contributed by atoms with Crippen molar-refractivity contribution in [3.63, 3.8) is 0 Å². The third-order valence-electron chi connectivity index (χ3n) is 6.06. The van der Waals surface area contributed by atoms with Crippen molar-refractivity contribution in [3.8, 4) is 11.5 Å². The highest BCUT2D eigenvalue weighted by Crippen LogP contribution is 2.35. The lowest BCUT2D eigenvalue weighted by Crippen LogP contribution is -2.50. The molecule has 1 heterocycles. The summed E-state index contributed by atoms with van der Waals surface area (Å²) < 4.78 is 72.4. The Balaban J connectivity index is 1.85. The highest BCUT2D eigenvalue weighted by Gasteiger charge is 2.43. The second-order valence-corrected chi connectivity index (χ2v) is 11.9. The van der Waals surface area contributed by atoms with Gasteiger partial charge in [-0.25, -0.2) is 16.8 Å². The quantitative estimate of drug-likeness (QED) is 0.415. The summed E-state index contributed by atoms with van der Waals surface area (Å²) >= 11 is 0. The molecular formula is C25H26N2O8S2. The van der Waals surface area contributed by atoms with Crippen molar-refractivity contribution in [3.05, 3.63) is 78.4 Å². The number of carbonyl (C=O) groups excluding carboxylic acids is 1. The molecule has 4 rings (SSSR count). The summed E-state index contributed by atoms with van der Waals surface area (Å²) in [6, 6.07) is 16.6. The molecule has 10 nitrogen and oxygen atoms in total. The first-order chi connectivity index (χ1) is 17.6. The largest absolute Gasteiger partial charge is 0.497 e. The Labute approximate surface area is 216 Å². The lowest BCUT2D eigenvalue weighted by molar-refractivity contribution is -0.144. The molecule has 0 saturated heterocycles. The molecule has 0 spiro atoms. The maximum Gasteiger partial charge on any atom is 0.326 e. The van der Waals surface area contributed by atoms with Crippen molar-refractivity contribution < 1.29 is 35.8 Å². The monoisotopic (exact) mass is 546 g/mol. The zero-order chi connectivity index (χ0) is 26.8. The van der Waals surface area contributed by atoms with Crippen LogP contribution < -0.4 is 13.8 Å². The first kappa shape index (κ1) is 26.5. The topological polar surface area (TPSA) is 120 Å². The molecule has 1 aliphatic heterocycles. The van der Waals surface area contributed by atoms with Crippen LogP contribution in [0, 0.1) is 0 Å². The van der Waals surface area contributed by atoms with Crippen LogP contribution >= 0.6 is 0 Å². The van der Waals surface area contributed by atoms with E-state index in [1.54, 1.807) is 24.3 Å². The molecule has 0 fully saturated rings. The second-order valence-electron chi connectivity index (χ2n) is 8.11. The Morgan fingerprint density at radius 3 is 1.78 bits per heavy atom. The van der Waals surface area contributed by atoms with Gasteiger partial charge in [0.1, 0.15) is 17.5 Å². The van der Waals surface area contributed by atoms with Crippen molar-refractivity contribution in [2.45, 2.75) is 22.4 Å². The Morgan fingerprint density at radius 1 is 0.757 bits per heavy atom. The number of anilines is 1. The van der Waals surface area contributed by atoms with Crippen molar-refractivity contribution in [1.29, 1.82) is 0 Å². The van der Waals surface area contributed by atoms with E-state index in [4.69, 9.17) is 14.2 Å². The van der Waals surface area contributed by atoms with E-state index in [1.165, 1.54) is 62.8 Å². The van der Waals surface area contributed by atoms with Crippen LogP contribution in [0.5, 0.6) is 11.5 Å². The molecule has 1 aliphatic rings. The van der Waals surface area contributed by atoms with Crippen molar-refractivity contribution in [2.75, 3.05) is 32.2 Å². The molecule has 0 N–H and O–H groups in total. The number of carbonyl (C=O) groups is 1. The SMILES string of the molecule is COC(=O)C1CN(S(=O)(=O)c2ccc(OC)cc2)c2ccccc2CN1S(=O)(=O)c1ccc(OC)cc1. The van der Waals surface area contributed by atoms with E-state index in [-0.39, 0.29) is 22.0 Å². The van der Waals surface area contributed by atoms with Crippen LogP contribution in [-0.2, 0) is 36.1 Å². The third kappa shape index (κ3) is 4.99. The molecule has 3 aromatic rings. The number of hydrogen-bond donors (Lipinski definition) is 0. The van der Waals surface area contributed by atoms with E-state index in [2.05, 4.69) is 0 Å². The highest BCUT2D eigenvalue weighted by molar-refractivity contribution is 7.93. The standard InChI is InChI=1S/C25H26N2O8S2/c1-33-19-8-12-21(13-9-19)36(29,30)26-16-18-6-4-5-7-23(18)27(17-24(26)25(28)35-3)37(31,32)22-14-10-20(34-2)11-15-22/h4-15,24H,16-17H2,1-3H3. The summed E-state index contributed by atoms with van der Waals surface area (Å²) in [5.41, 5.74) is 0.669. The molecule has 1 atom stereocenters. The van der Waals surface area contributed by atoms with Gasteiger partial charge in [0, 0.05) is 6.54 Å². The minimum Gasteiger partial charge on any atom is -0.497 e. The molecule has 0 saturated carbocycles. The van der Waals surface area contributed by atoms with E-state index >= 15 is 0 Å². The van der Waals surface area contributed by atoms with Gasteiger partial charge in [-0.2, -0.15) is 4.31 Å². The molecule has 3 aromatic carbocycles. The number of methoxy groups -OCH3 is 3. The highest BCUT2D eigenvalue weighted by atomic mass is 32.2. The van der Waals surface area contributed by atoms with Gasteiger partial charge in [0.25, 0.3) is 10.0 Å². The number of para-hydroxylation sites is 1. The molecule has 0 aliphatic carbocycles. The lowest BCUT2D eigenvalue weighted by Gasteiger charge is -2.29. The molecule has 1 unspecified atom stereocenters. The summed E-state index contributed by atoms with van der Waals surface area (Å²) in [6.07, 6.45) is 0. The van der Waals surface area contributed by atoms with Crippen LogP contribution in [0.3, 0.4) is 0 Å². The first-order valence-corrected chi connectivity index (χ1v) is 14.0. The van der Waals surface area contributed by atoms with E-state index in [9.17, 15) is 21.6 Å². The van der Waals surface area contributed by atoms with E-state index in [1.807, 2.05) is 0 Å². The van der Waals surface area contributed by atoms with Crippen molar-refractivity contribution >= 4 is 31.7 Å². The number of benzene rings is 3. The first-order valence-electron chi connectivity index (χ1n) is 11.1. The maximum absolute atomic E-state index is 13.8. The van der Waals surface area contributed by atoms with Gasteiger partial charge in [0.2, 0.25) is 10.0 Å². The third-order valence-corrected chi connectivity index (χ3v) is 9.72. The predicted molar refractivity (Wildman–Crippen MR) is 135 cm³/mol. The summed E-state index contributed by atoms with van der Waals surface area (Å²) in [5, 5.41) is 0. The number of ether oxygens (including phenoxy) is 3.